The van der Waals surface area contributed by atoms with Crippen LogP contribution in [0.2, 0.25) is 0 Å². The first-order valence-corrected chi connectivity index (χ1v) is 6.13. The Labute approximate surface area is 120 Å². The Morgan fingerprint density at radius 1 is 1.45 bits per heavy atom. The van der Waals surface area contributed by atoms with Gasteiger partial charge < -0.3 is 10.4 Å². The zero-order chi connectivity index (χ0) is 14.7. The van der Waals surface area contributed by atoms with E-state index < -0.39 is 17.7 Å². The van der Waals surface area contributed by atoms with Crippen molar-refractivity contribution < 1.29 is 19.1 Å². The number of hydrogen-bond acceptors (Lipinski definition) is 4. The number of aromatic nitrogens is 3. The molecule has 2 aromatic rings. The minimum absolute atomic E-state index is 0.0248. The molecule has 20 heavy (non-hydrogen) atoms. The average molecular weight is 343 g/mol. The molecule has 9 heteroatoms. The normalized spacial score (nSPS) is 10.3. The summed E-state index contributed by atoms with van der Waals surface area (Å²) in [5.41, 5.74) is -0.246. The van der Waals surface area contributed by atoms with Gasteiger partial charge in [-0.15, -0.1) is 5.10 Å². The summed E-state index contributed by atoms with van der Waals surface area (Å²) in [6.07, 6.45) is 1.11. The number of hydrogen-bond donors (Lipinski definition) is 2. The second-order valence-electron chi connectivity index (χ2n) is 3.78. The van der Waals surface area contributed by atoms with Crippen LogP contribution in [0.1, 0.15) is 10.5 Å². The first kappa shape index (κ1) is 14.1. The molecule has 0 aliphatic rings. The van der Waals surface area contributed by atoms with Gasteiger partial charge in [-0.05, 0) is 18.2 Å². The van der Waals surface area contributed by atoms with Crippen molar-refractivity contribution in [3.05, 3.63) is 40.4 Å². The lowest BCUT2D eigenvalue weighted by Crippen LogP contribution is -2.19. The van der Waals surface area contributed by atoms with Gasteiger partial charge in [0.1, 0.15) is 12.4 Å². The van der Waals surface area contributed by atoms with Crippen LogP contribution in [0, 0.1) is 5.82 Å². The predicted octanol–water partition coefficient (Wildman–Crippen LogP) is 1.52. The summed E-state index contributed by atoms with van der Waals surface area (Å²) >= 11 is 3.10. The third-order valence-corrected chi connectivity index (χ3v) is 2.76. The Morgan fingerprint density at radius 3 is 2.80 bits per heavy atom. The van der Waals surface area contributed by atoms with Crippen LogP contribution in [0.25, 0.3) is 0 Å². The summed E-state index contributed by atoms with van der Waals surface area (Å²) in [6, 6.07) is 4.20. The fourth-order valence-corrected chi connectivity index (χ4v) is 1.73. The maximum atomic E-state index is 13.5. The number of nitrogens with one attached hydrogen (secondary N) is 1. The van der Waals surface area contributed by atoms with Gasteiger partial charge in [-0.25, -0.2) is 13.9 Å². The van der Waals surface area contributed by atoms with E-state index in [9.17, 15) is 14.0 Å². The summed E-state index contributed by atoms with van der Waals surface area (Å²) in [7, 11) is 0. The van der Waals surface area contributed by atoms with Crippen LogP contribution in [0.3, 0.4) is 0 Å². The molecular weight excluding hydrogens is 335 g/mol. The van der Waals surface area contributed by atoms with Crippen molar-refractivity contribution in [2.24, 2.45) is 0 Å². The molecule has 104 valence electrons. The molecule has 0 saturated heterocycles. The number of rotatable bonds is 4. The van der Waals surface area contributed by atoms with E-state index >= 15 is 0 Å². The van der Waals surface area contributed by atoms with Crippen LogP contribution >= 0.6 is 15.9 Å². The van der Waals surface area contributed by atoms with Crippen molar-refractivity contribution in [2.75, 3.05) is 5.32 Å². The monoisotopic (exact) mass is 342 g/mol. The SMILES string of the molecule is O=C(Cn1cc(C(=O)O)nn1)Nc1ccc(Br)cc1F. The molecule has 1 heterocycles. The molecule has 0 fully saturated rings. The Balaban J connectivity index is 2.03. The molecule has 0 spiro atoms. The number of anilines is 1. The van der Waals surface area contributed by atoms with Crippen LogP contribution in [-0.2, 0) is 11.3 Å². The third kappa shape index (κ3) is 3.38. The molecular formula is C11H8BrFN4O3. The molecule has 2 N–H and O–H groups in total. The van der Waals surface area contributed by atoms with E-state index in [4.69, 9.17) is 5.11 Å². The predicted molar refractivity (Wildman–Crippen MR) is 69.7 cm³/mol. The van der Waals surface area contributed by atoms with Crippen molar-refractivity contribution >= 4 is 33.5 Å². The number of nitrogens with zero attached hydrogens (tertiary/aromatic N) is 3. The zero-order valence-electron chi connectivity index (χ0n) is 9.88. The van der Waals surface area contributed by atoms with Crippen molar-refractivity contribution in [1.29, 1.82) is 0 Å². The van der Waals surface area contributed by atoms with Gasteiger partial charge in [-0.3, -0.25) is 4.79 Å². The minimum atomic E-state index is -1.24. The van der Waals surface area contributed by atoms with E-state index in [0.717, 1.165) is 10.9 Å². The van der Waals surface area contributed by atoms with E-state index in [1.165, 1.54) is 12.1 Å². The first-order valence-electron chi connectivity index (χ1n) is 5.34. The molecule has 7 nitrogen and oxygen atoms in total. The Morgan fingerprint density at radius 2 is 2.20 bits per heavy atom. The van der Waals surface area contributed by atoms with E-state index in [0.29, 0.717) is 4.47 Å². The summed E-state index contributed by atoms with van der Waals surface area (Å²) in [4.78, 5) is 22.3. The number of amides is 1. The number of benzene rings is 1. The second kappa shape index (κ2) is 5.78. The van der Waals surface area contributed by atoms with Crippen molar-refractivity contribution in [3.63, 3.8) is 0 Å². The molecule has 0 unspecified atom stereocenters. The smallest absolute Gasteiger partial charge is 0.358 e. The van der Waals surface area contributed by atoms with E-state index in [-0.39, 0.29) is 17.9 Å². The number of aromatic carboxylic acids is 1. The fraction of sp³-hybridized carbons (Fsp3) is 0.0909. The van der Waals surface area contributed by atoms with Crippen molar-refractivity contribution in [1.82, 2.24) is 15.0 Å². The van der Waals surface area contributed by atoms with Gasteiger partial charge in [-0.1, -0.05) is 21.1 Å². The highest BCUT2D eigenvalue weighted by Crippen LogP contribution is 2.19. The van der Waals surface area contributed by atoms with E-state index in [1.54, 1.807) is 6.07 Å². The molecule has 0 aliphatic heterocycles. The zero-order valence-corrected chi connectivity index (χ0v) is 11.5. The molecule has 1 amide bonds. The topological polar surface area (TPSA) is 97.1 Å². The van der Waals surface area contributed by atoms with Crippen molar-refractivity contribution in [3.8, 4) is 0 Å². The van der Waals surface area contributed by atoms with Crippen LogP contribution in [-0.4, -0.2) is 32.0 Å². The number of carbonyl (C=O) groups is 2. The van der Waals surface area contributed by atoms with Gasteiger partial charge in [0.05, 0.1) is 11.9 Å². The van der Waals surface area contributed by atoms with Gasteiger partial charge >= 0.3 is 5.97 Å². The molecule has 0 bridgehead atoms. The van der Waals surface area contributed by atoms with Crippen LogP contribution in [0.4, 0.5) is 10.1 Å². The maximum Gasteiger partial charge on any atom is 0.358 e. The summed E-state index contributed by atoms with van der Waals surface area (Å²) in [5, 5.41) is 17.9. The molecule has 0 aliphatic carbocycles. The lowest BCUT2D eigenvalue weighted by molar-refractivity contribution is -0.117. The van der Waals surface area contributed by atoms with Crippen LogP contribution < -0.4 is 5.32 Å². The number of carbonyl (C=O) groups excluding carboxylic acids is 1. The Bertz CT molecular complexity index is 673. The highest BCUT2D eigenvalue weighted by molar-refractivity contribution is 9.10. The number of carboxylic acid groups (broad SMARTS) is 1. The highest BCUT2D eigenvalue weighted by atomic mass is 79.9. The molecule has 1 aromatic heterocycles. The van der Waals surface area contributed by atoms with Crippen molar-refractivity contribution in [2.45, 2.75) is 6.54 Å². The summed E-state index contributed by atoms with van der Waals surface area (Å²) < 4.78 is 15.1. The standard InChI is InChI=1S/C11H8BrFN4O3/c12-6-1-2-8(7(13)3-6)14-10(18)5-17-4-9(11(19)20)15-16-17/h1-4H,5H2,(H,14,18)(H,19,20). The number of carboxylic acids is 1. The quantitative estimate of drug-likeness (QED) is 0.877. The van der Waals surface area contributed by atoms with E-state index in [2.05, 4.69) is 31.6 Å². The van der Waals surface area contributed by atoms with E-state index in [1.807, 2.05) is 0 Å². The van der Waals surface area contributed by atoms with Gasteiger partial charge in [0.25, 0.3) is 0 Å². The number of halogens is 2. The maximum absolute atomic E-state index is 13.5. The summed E-state index contributed by atoms with van der Waals surface area (Å²) in [6.45, 7) is -0.268. The molecule has 0 atom stereocenters. The van der Waals surface area contributed by atoms with Gasteiger partial charge in [0.15, 0.2) is 5.69 Å². The average Bonchev–Trinajstić information content (AvgIpc) is 2.81. The fourth-order valence-electron chi connectivity index (χ4n) is 1.40. The largest absolute Gasteiger partial charge is 0.476 e. The molecule has 0 saturated carbocycles. The Hall–Kier alpha value is -2.29. The molecule has 2 rings (SSSR count). The van der Waals surface area contributed by atoms with Gasteiger partial charge in [0, 0.05) is 4.47 Å². The molecule has 0 radical (unpaired) electrons. The Kier molecular flexibility index (Phi) is 4.08. The first-order chi connectivity index (χ1) is 9.45. The highest BCUT2D eigenvalue weighted by Gasteiger charge is 2.12. The molecule has 1 aromatic carbocycles. The lowest BCUT2D eigenvalue weighted by atomic mass is 10.3. The third-order valence-electron chi connectivity index (χ3n) is 2.27. The van der Waals surface area contributed by atoms with Gasteiger partial charge in [0.2, 0.25) is 5.91 Å². The lowest BCUT2D eigenvalue weighted by Gasteiger charge is -2.06. The summed E-state index contributed by atoms with van der Waals surface area (Å²) in [5.74, 6) is -2.37. The van der Waals surface area contributed by atoms with Crippen LogP contribution in [0.15, 0.2) is 28.9 Å². The second-order valence-corrected chi connectivity index (χ2v) is 4.69. The van der Waals surface area contributed by atoms with Gasteiger partial charge in [-0.2, -0.15) is 0 Å². The minimum Gasteiger partial charge on any atom is -0.476 e. The van der Waals surface area contributed by atoms with Crippen LogP contribution in [0.5, 0.6) is 0 Å².